The highest BCUT2D eigenvalue weighted by Gasteiger charge is 2.15. The molecule has 1 aliphatic rings. The van der Waals surface area contributed by atoms with Crippen LogP contribution in [-0.2, 0) is 4.74 Å². The number of thiocarbonyl (C=S) groups is 1. The zero-order valence-corrected chi connectivity index (χ0v) is 10.4. The first-order valence-electron chi connectivity index (χ1n) is 5.72. The van der Waals surface area contributed by atoms with Crippen LogP contribution >= 0.6 is 12.2 Å². The number of pyridine rings is 1. The zero-order valence-electron chi connectivity index (χ0n) is 9.59. The summed E-state index contributed by atoms with van der Waals surface area (Å²) in [7, 11) is 0. The summed E-state index contributed by atoms with van der Waals surface area (Å²) in [6.07, 6.45) is 3.75. The molecular formula is C12H16N2O2S. The molecule has 5 heteroatoms. The van der Waals surface area contributed by atoms with Crippen LogP contribution in [0.1, 0.15) is 18.5 Å². The van der Waals surface area contributed by atoms with Gasteiger partial charge in [0.1, 0.15) is 16.4 Å². The molecule has 0 aliphatic carbocycles. The SMILES string of the molecule is NC(=S)c1ncccc1OCC1CCOCC1. The largest absolute Gasteiger partial charge is 0.491 e. The molecule has 0 saturated carbocycles. The monoisotopic (exact) mass is 252 g/mol. The van der Waals surface area contributed by atoms with Crippen molar-refractivity contribution in [2.45, 2.75) is 12.8 Å². The van der Waals surface area contributed by atoms with Gasteiger partial charge in [-0.25, -0.2) is 4.98 Å². The number of hydrogen-bond acceptors (Lipinski definition) is 4. The molecule has 0 unspecified atom stereocenters. The Kier molecular flexibility index (Phi) is 4.28. The van der Waals surface area contributed by atoms with Crippen LogP contribution in [0.2, 0.25) is 0 Å². The lowest BCUT2D eigenvalue weighted by Gasteiger charge is -2.22. The summed E-state index contributed by atoms with van der Waals surface area (Å²) < 4.78 is 11.1. The maximum Gasteiger partial charge on any atom is 0.147 e. The second-order valence-electron chi connectivity index (χ2n) is 4.08. The Morgan fingerprint density at radius 3 is 3.00 bits per heavy atom. The first kappa shape index (κ1) is 12.3. The van der Waals surface area contributed by atoms with E-state index in [1.165, 1.54) is 0 Å². The Hall–Kier alpha value is -1.20. The molecule has 0 spiro atoms. The van der Waals surface area contributed by atoms with Crippen LogP contribution in [0.3, 0.4) is 0 Å². The van der Waals surface area contributed by atoms with Gasteiger partial charge in [0.25, 0.3) is 0 Å². The van der Waals surface area contributed by atoms with Crippen molar-refractivity contribution in [3.05, 3.63) is 24.0 Å². The van der Waals surface area contributed by atoms with Crippen LogP contribution in [0, 0.1) is 5.92 Å². The van der Waals surface area contributed by atoms with Gasteiger partial charge in [-0.3, -0.25) is 0 Å². The van der Waals surface area contributed by atoms with Gasteiger partial charge in [-0.2, -0.15) is 0 Å². The summed E-state index contributed by atoms with van der Waals surface area (Å²) >= 11 is 4.94. The van der Waals surface area contributed by atoms with Crippen LogP contribution in [0.5, 0.6) is 5.75 Å². The predicted molar refractivity (Wildman–Crippen MR) is 69.2 cm³/mol. The van der Waals surface area contributed by atoms with Gasteiger partial charge >= 0.3 is 0 Å². The van der Waals surface area contributed by atoms with Crippen molar-refractivity contribution in [1.82, 2.24) is 4.98 Å². The summed E-state index contributed by atoms with van der Waals surface area (Å²) in [5, 5.41) is 0. The second kappa shape index (κ2) is 5.93. The van der Waals surface area contributed by atoms with Crippen molar-refractivity contribution < 1.29 is 9.47 Å². The van der Waals surface area contributed by atoms with Gasteiger partial charge in [0, 0.05) is 19.4 Å². The number of nitrogens with two attached hydrogens (primary N) is 1. The van der Waals surface area contributed by atoms with E-state index in [0.29, 0.717) is 24.0 Å². The Morgan fingerprint density at radius 1 is 1.53 bits per heavy atom. The fourth-order valence-electron chi connectivity index (χ4n) is 1.81. The van der Waals surface area contributed by atoms with Gasteiger partial charge in [0.2, 0.25) is 0 Å². The molecule has 17 heavy (non-hydrogen) atoms. The zero-order chi connectivity index (χ0) is 12.1. The van der Waals surface area contributed by atoms with E-state index in [1.807, 2.05) is 12.1 Å². The Labute approximate surface area is 106 Å². The molecule has 4 nitrogen and oxygen atoms in total. The average Bonchev–Trinajstić information content (AvgIpc) is 2.38. The number of aromatic nitrogens is 1. The molecule has 1 saturated heterocycles. The summed E-state index contributed by atoms with van der Waals surface area (Å²) in [5.41, 5.74) is 6.16. The highest BCUT2D eigenvalue weighted by molar-refractivity contribution is 7.80. The molecule has 0 amide bonds. The Bertz CT molecular complexity index is 392. The maximum atomic E-state index is 5.75. The highest BCUT2D eigenvalue weighted by Crippen LogP contribution is 2.19. The maximum absolute atomic E-state index is 5.75. The molecule has 1 fully saturated rings. The van der Waals surface area contributed by atoms with Crippen LogP contribution in [0.25, 0.3) is 0 Å². The minimum atomic E-state index is 0.271. The van der Waals surface area contributed by atoms with E-state index in [-0.39, 0.29) is 4.99 Å². The molecule has 2 heterocycles. The molecular weight excluding hydrogens is 236 g/mol. The van der Waals surface area contributed by atoms with Crippen molar-refractivity contribution in [2.24, 2.45) is 11.7 Å². The summed E-state index contributed by atoms with van der Waals surface area (Å²) in [6, 6.07) is 3.67. The number of rotatable bonds is 4. The van der Waals surface area contributed by atoms with Gasteiger partial charge in [-0.05, 0) is 30.9 Å². The number of ether oxygens (including phenoxy) is 2. The molecule has 1 aliphatic heterocycles. The van der Waals surface area contributed by atoms with E-state index in [9.17, 15) is 0 Å². The molecule has 0 atom stereocenters. The molecule has 0 bridgehead atoms. The summed E-state index contributed by atoms with van der Waals surface area (Å²) in [6.45, 7) is 2.32. The highest BCUT2D eigenvalue weighted by atomic mass is 32.1. The van der Waals surface area contributed by atoms with Crippen molar-refractivity contribution in [3.63, 3.8) is 0 Å². The van der Waals surface area contributed by atoms with Crippen LogP contribution in [-0.4, -0.2) is 29.8 Å². The normalized spacial score (nSPS) is 16.7. The molecule has 2 rings (SSSR count). The smallest absolute Gasteiger partial charge is 0.147 e. The third-order valence-corrected chi connectivity index (χ3v) is 3.01. The molecule has 1 aromatic heterocycles. The lowest BCUT2D eigenvalue weighted by atomic mass is 10.0. The second-order valence-corrected chi connectivity index (χ2v) is 4.52. The fraction of sp³-hybridized carbons (Fsp3) is 0.500. The first-order valence-corrected chi connectivity index (χ1v) is 6.13. The van der Waals surface area contributed by atoms with E-state index in [0.717, 1.165) is 26.1 Å². The lowest BCUT2D eigenvalue weighted by molar-refractivity contribution is 0.0497. The van der Waals surface area contributed by atoms with Gasteiger partial charge < -0.3 is 15.2 Å². The van der Waals surface area contributed by atoms with Crippen molar-refractivity contribution >= 4 is 17.2 Å². The Balaban J connectivity index is 1.96. The van der Waals surface area contributed by atoms with Crippen LogP contribution in [0.15, 0.2) is 18.3 Å². The van der Waals surface area contributed by atoms with Crippen molar-refractivity contribution in [2.75, 3.05) is 19.8 Å². The number of nitrogens with zero attached hydrogens (tertiary/aromatic N) is 1. The van der Waals surface area contributed by atoms with Gasteiger partial charge in [-0.1, -0.05) is 12.2 Å². The molecule has 2 N–H and O–H groups in total. The average molecular weight is 252 g/mol. The first-order chi connectivity index (χ1) is 8.27. The third kappa shape index (κ3) is 3.38. The van der Waals surface area contributed by atoms with E-state index in [2.05, 4.69) is 4.98 Å². The molecule has 92 valence electrons. The minimum absolute atomic E-state index is 0.271. The minimum Gasteiger partial charge on any atom is -0.491 e. The number of hydrogen-bond donors (Lipinski definition) is 1. The molecule has 0 aromatic carbocycles. The standard InChI is InChI=1S/C12H16N2O2S/c13-12(17)11-10(2-1-5-14-11)16-8-9-3-6-15-7-4-9/h1-2,5,9H,3-4,6-8H2,(H2,13,17). The van der Waals surface area contributed by atoms with E-state index < -0.39 is 0 Å². The van der Waals surface area contributed by atoms with Crippen molar-refractivity contribution in [3.8, 4) is 5.75 Å². The van der Waals surface area contributed by atoms with E-state index in [4.69, 9.17) is 27.4 Å². The fourth-order valence-corrected chi connectivity index (χ4v) is 1.97. The third-order valence-electron chi connectivity index (χ3n) is 2.82. The van der Waals surface area contributed by atoms with E-state index >= 15 is 0 Å². The summed E-state index contributed by atoms with van der Waals surface area (Å²) in [4.78, 5) is 4.40. The van der Waals surface area contributed by atoms with Crippen molar-refractivity contribution in [1.29, 1.82) is 0 Å². The predicted octanol–water partition coefficient (Wildman–Crippen LogP) is 1.52. The van der Waals surface area contributed by atoms with E-state index in [1.54, 1.807) is 6.20 Å². The lowest BCUT2D eigenvalue weighted by Crippen LogP contribution is -2.22. The van der Waals surface area contributed by atoms with Gasteiger partial charge in [-0.15, -0.1) is 0 Å². The summed E-state index contributed by atoms with van der Waals surface area (Å²) in [5.74, 6) is 1.22. The topological polar surface area (TPSA) is 57.4 Å². The van der Waals surface area contributed by atoms with Crippen LogP contribution in [0.4, 0.5) is 0 Å². The molecule has 0 radical (unpaired) electrons. The van der Waals surface area contributed by atoms with Gasteiger partial charge in [0.05, 0.1) is 6.61 Å². The van der Waals surface area contributed by atoms with Gasteiger partial charge in [0.15, 0.2) is 0 Å². The Morgan fingerprint density at radius 2 is 2.29 bits per heavy atom. The quantitative estimate of drug-likeness (QED) is 0.823. The molecule has 1 aromatic rings. The van der Waals surface area contributed by atoms with Crippen LogP contribution < -0.4 is 10.5 Å².